The maximum atomic E-state index is 14.0. The number of pyridine rings is 1. The van der Waals surface area contributed by atoms with Crippen LogP contribution in [-0.2, 0) is 4.79 Å². The molecule has 0 aliphatic carbocycles. The Labute approximate surface area is 136 Å². The minimum Gasteiger partial charge on any atom is -0.370 e. The summed E-state index contributed by atoms with van der Waals surface area (Å²) in [7, 11) is 0. The van der Waals surface area contributed by atoms with E-state index in [1.54, 1.807) is 0 Å². The summed E-state index contributed by atoms with van der Waals surface area (Å²) in [5.41, 5.74) is 0.175. The average Bonchev–Trinajstić information content (AvgIpc) is 2.58. The standard InChI is InChI=1S/C17H14F3N3O/c1-9-7-23(3-2-10(9)8-24)17-11(5-21)6-22-16-12(17)4-13(18)14(19)15(16)20/h4,6,8-10H,2-3,7H2,1H3. The van der Waals surface area contributed by atoms with E-state index in [4.69, 9.17) is 0 Å². The van der Waals surface area contributed by atoms with Gasteiger partial charge in [0, 0.05) is 30.6 Å². The molecule has 0 saturated carbocycles. The van der Waals surface area contributed by atoms with Crippen LogP contribution in [0.2, 0.25) is 0 Å². The van der Waals surface area contributed by atoms with Crippen LogP contribution in [0.5, 0.6) is 0 Å². The number of hydrogen-bond donors (Lipinski definition) is 0. The molecule has 1 aliphatic rings. The number of carbonyl (C=O) groups is 1. The second-order valence-electron chi connectivity index (χ2n) is 6.03. The summed E-state index contributed by atoms with van der Waals surface area (Å²) < 4.78 is 41.2. The van der Waals surface area contributed by atoms with Gasteiger partial charge in [0.25, 0.3) is 0 Å². The van der Waals surface area contributed by atoms with Crippen molar-refractivity contribution < 1.29 is 18.0 Å². The smallest absolute Gasteiger partial charge is 0.196 e. The predicted octanol–water partition coefficient (Wildman–Crippen LogP) is 3.19. The second kappa shape index (κ2) is 6.11. The van der Waals surface area contributed by atoms with E-state index in [0.29, 0.717) is 25.2 Å². The Balaban J connectivity index is 2.19. The van der Waals surface area contributed by atoms with Crippen LogP contribution in [0, 0.1) is 40.6 Å². The van der Waals surface area contributed by atoms with Crippen molar-refractivity contribution in [1.29, 1.82) is 5.26 Å². The molecule has 1 saturated heterocycles. The third kappa shape index (κ3) is 2.48. The molecule has 1 aliphatic heterocycles. The van der Waals surface area contributed by atoms with Gasteiger partial charge in [0.1, 0.15) is 17.9 Å². The zero-order chi connectivity index (χ0) is 17.4. The highest BCUT2D eigenvalue weighted by molar-refractivity contribution is 5.95. The Kier molecular flexibility index (Phi) is 4.14. The molecule has 7 heteroatoms. The van der Waals surface area contributed by atoms with E-state index >= 15 is 0 Å². The summed E-state index contributed by atoms with van der Waals surface area (Å²) in [4.78, 5) is 16.6. The van der Waals surface area contributed by atoms with Crippen molar-refractivity contribution in [2.24, 2.45) is 11.8 Å². The van der Waals surface area contributed by atoms with E-state index in [2.05, 4.69) is 4.98 Å². The normalized spacial score (nSPS) is 20.9. The number of hydrogen-bond acceptors (Lipinski definition) is 4. The number of nitrogens with zero attached hydrogens (tertiary/aromatic N) is 3. The van der Waals surface area contributed by atoms with Gasteiger partial charge in [-0.05, 0) is 18.4 Å². The lowest BCUT2D eigenvalue weighted by Gasteiger charge is -2.37. The van der Waals surface area contributed by atoms with Crippen molar-refractivity contribution in [3.63, 3.8) is 0 Å². The molecular formula is C17H14F3N3O. The molecule has 0 amide bonds. The lowest BCUT2D eigenvalue weighted by Crippen LogP contribution is -2.40. The number of halogens is 3. The average molecular weight is 333 g/mol. The quantitative estimate of drug-likeness (QED) is 0.626. The van der Waals surface area contributed by atoms with Crippen LogP contribution >= 0.6 is 0 Å². The van der Waals surface area contributed by atoms with Crippen LogP contribution in [0.4, 0.5) is 18.9 Å². The number of aromatic nitrogens is 1. The largest absolute Gasteiger partial charge is 0.370 e. The summed E-state index contributed by atoms with van der Waals surface area (Å²) in [6.45, 7) is 2.82. The summed E-state index contributed by atoms with van der Waals surface area (Å²) in [5, 5.41) is 9.39. The monoisotopic (exact) mass is 333 g/mol. The van der Waals surface area contributed by atoms with Gasteiger partial charge in [0.2, 0.25) is 0 Å². The molecule has 0 radical (unpaired) electrons. The lowest BCUT2D eigenvalue weighted by molar-refractivity contribution is -0.112. The topological polar surface area (TPSA) is 57.0 Å². The van der Waals surface area contributed by atoms with Crippen LogP contribution < -0.4 is 4.90 Å². The van der Waals surface area contributed by atoms with E-state index in [1.165, 1.54) is 0 Å². The number of anilines is 1. The SMILES string of the molecule is CC1CN(c2c(C#N)cnc3c(F)c(F)c(F)cc23)CCC1C=O. The summed E-state index contributed by atoms with van der Waals surface area (Å²) in [5.74, 6) is -4.34. The predicted molar refractivity (Wildman–Crippen MR) is 81.9 cm³/mol. The highest BCUT2D eigenvalue weighted by Crippen LogP contribution is 2.35. The molecule has 1 aromatic carbocycles. The van der Waals surface area contributed by atoms with E-state index in [0.717, 1.165) is 18.5 Å². The first kappa shape index (κ1) is 16.2. The Morgan fingerprint density at radius 3 is 2.75 bits per heavy atom. The van der Waals surface area contributed by atoms with E-state index in [9.17, 15) is 23.2 Å². The Morgan fingerprint density at radius 2 is 2.12 bits per heavy atom. The summed E-state index contributed by atoms with van der Waals surface area (Å²) in [6, 6.07) is 2.83. The number of rotatable bonds is 2. The Morgan fingerprint density at radius 1 is 1.38 bits per heavy atom. The van der Waals surface area contributed by atoms with Crippen molar-refractivity contribution in [1.82, 2.24) is 4.98 Å². The highest BCUT2D eigenvalue weighted by atomic mass is 19.2. The fourth-order valence-electron chi connectivity index (χ4n) is 3.22. The number of fused-ring (bicyclic) bond motifs is 1. The number of piperidine rings is 1. The molecule has 0 N–H and O–H groups in total. The second-order valence-corrected chi connectivity index (χ2v) is 6.03. The van der Waals surface area contributed by atoms with Gasteiger partial charge in [0.05, 0.1) is 11.3 Å². The third-order valence-corrected chi connectivity index (χ3v) is 4.55. The third-order valence-electron chi connectivity index (χ3n) is 4.55. The van der Waals surface area contributed by atoms with Crippen molar-refractivity contribution >= 4 is 22.9 Å². The van der Waals surface area contributed by atoms with Gasteiger partial charge in [-0.3, -0.25) is 4.98 Å². The molecule has 4 nitrogen and oxygen atoms in total. The van der Waals surface area contributed by atoms with Crippen molar-refractivity contribution in [2.75, 3.05) is 18.0 Å². The molecule has 2 unspecified atom stereocenters. The molecule has 124 valence electrons. The molecule has 0 spiro atoms. The minimum absolute atomic E-state index is 0.0288. The van der Waals surface area contributed by atoms with Gasteiger partial charge >= 0.3 is 0 Å². The molecule has 1 aromatic heterocycles. The Bertz CT molecular complexity index is 863. The van der Waals surface area contributed by atoms with Gasteiger partial charge in [-0.15, -0.1) is 0 Å². The first-order valence-electron chi connectivity index (χ1n) is 7.54. The number of aldehydes is 1. The van der Waals surface area contributed by atoms with Crippen molar-refractivity contribution in [2.45, 2.75) is 13.3 Å². The fraction of sp³-hybridized carbons (Fsp3) is 0.353. The fourth-order valence-corrected chi connectivity index (χ4v) is 3.22. The first-order valence-corrected chi connectivity index (χ1v) is 7.54. The van der Waals surface area contributed by atoms with Gasteiger partial charge in [-0.25, -0.2) is 13.2 Å². The van der Waals surface area contributed by atoms with Crippen LogP contribution in [0.25, 0.3) is 10.9 Å². The molecule has 24 heavy (non-hydrogen) atoms. The first-order chi connectivity index (χ1) is 11.5. The Hall–Kier alpha value is -2.62. The van der Waals surface area contributed by atoms with Crippen molar-refractivity contribution in [3.8, 4) is 6.07 Å². The zero-order valence-corrected chi connectivity index (χ0v) is 12.9. The van der Waals surface area contributed by atoms with Gasteiger partial charge in [-0.1, -0.05) is 6.92 Å². The van der Waals surface area contributed by atoms with Gasteiger partial charge in [-0.2, -0.15) is 5.26 Å². The van der Waals surface area contributed by atoms with E-state index < -0.39 is 17.5 Å². The summed E-state index contributed by atoms with van der Waals surface area (Å²) in [6.07, 6.45) is 2.65. The molecule has 1 fully saturated rings. The minimum atomic E-state index is -1.58. The molecule has 2 atom stereocenters. The van der Waals surface area contributed by atoms with Gasteiger partial charge < -0.3 is 9.69 Å². The van der Waals surface area contributed by atoms with E-state index in [1.807, 2.05) is 17.9 Å². The van der Waals surface area contributed by atoms with Crippen molar-refractivity contribution in [3.05, 3.63) is 35.3 Å². The molecule has 2 aromatic rings. The van der Waals surface area contributed by atoms with Gasteiger partial charge in [0.15, 0.2) is 17.5 Å². The maximum absolute atomic E-state index is 14.0. The zero-order valence-electron chi connectivity index (χ0n) is 12.9. The number of carbonyl (C=O) groups excluding carboxylic acids is 1. The lowest BCUT2D eigenvalue weighted by atomic mass is 9.87. The molecular weight excluding hydrogens is 319 g/mol. The van der Waals surface area contributed by atoms with Crippen LogP contribution in [0.15, 0.2) is 12.3 Å². The number of nitriles is 1. The van der Waals surface area contributed by atoms with Crippen LogP contribution in [0.1, 0.15) is 18.9 Å². The van der Waals surface area contributed by atoms with E-state index in [-0.39, 0.29) is 28.3 Å². The maximum Gasteiger partial charge on any atom is 0.196 e. The highest BCUT2D eigenvalue weighted by Gasteiger charge is 2.29. The number of benzene rings is 1. The van der Waals surface area contributed by atoms with Crippen LogP contribution in [0.3, 0.4) is 0 Å². The molecule has 2 heterocycles. The molecule has 0 bridgehead atoms. The molecule has 3 rings (SSSR count). The summed E-state index contributed by atoms with van der Waals surface area (Å²) >= 11 is 0. The van der Waals surface area contributed by atoms with Crippen LogP contribution in [-0.4, -0.2) is 24.4 Å².